The first kappa shape index (κ1) is 19.6. The van der Waals surface area contributed by atoms with Crippen LogP contribution in [0.5, 0.6) is 5.75 Å². The summed E-state index contributed by atoms with van der Waals surface area (Å²) in [5.41, 5.74) is 0.462. The third-order valence-corrected chi connectivity index (χ3v) is 5.26. The fourth-order valence-corrected chi connectivity index (χ4v) is 3.59. The lowest BCUT2D eigenvalue weighted by Gasteiger charge is -2.37. The molecule has 0 aromatic heterocycles. The molecule has 0 radical (unpaired) electrons. The van der Waals surface area contributed by atoms with Gasteiger partial charge in [-0.25, -0.2) is 4.39 Å². The van der Waals surface area contributed by atoms with E-state index < -0.39 is 11.9 Å². The number of aliphatic hydroxyl groups excluding tert-OH is 1. The van der Waals surface area contributed by atoms with Gasteiger partial charge in [-0.15, -0.1) is 0 Å². The minimum Gasteiger partial charge on any atom is -0.497 e. The van der Waals surface area contributed by atoms with Gasteiger partial charge in [0.2, 0.25) is 11.8 Å². The molecule has 1 aromatic rings. The molecular formula is C19H26FN3O4. The summed E-state index contributed by atoms with van der Waals surface area (Å²) in [6, 6.07) is 4.02. The Hall–Kier alpha value is -2.19. The van der Waals surface area contributed by atoms with Gasteiger partial charge in [-0.3, -0.25) is 14.5 Å². The van der Waals surface area contributed by atoms with Crippen LogP contribution in [0.25, 0.3) is 0 Å². The molecule has 27 heavy (non-hydrogen) atoms. The Morgan fingerprint density at radius 3 is 2.74 bits per heavy atom. The summed E-state index contributed by atoms with van der Waals surface area (Å²) in [6.45, 7) is 2.27. The third kappa shape index (κ3) is 4.75. The van der Waals surface area contributed by atoms with Crippen LogP contribution in [-0.2, 0) is 16.1 Å². The Bertz CT molecular complexity index is 692. The molecule has 2 heterocycles. The normalized spacial score (nSPS) is 21.8. The Morgan fingerprint density at radius 1 is 1.33 bits per heavy atom. The first-order valence-corrected chi connectivity index (χ1v) is 9.28. The average molecular weight is 379 g/mol. The highest BCUT2D eigenvalue weighted by Crippen LogP contribution is 2.21. The molecule has 2 N–H and O–H groups in total. The molecular weight excluding hydrogens is 353 g/mol. The largest absolute Gasteiger partial charge is 0.497 e. The lowest BCUT2D eigenvalue weighted by atomic mass is 10.0. The summed E-state index contributed by atoms with van der Waals surface area (Å²) in [7, 11) is 1.48. The van der Waals surface area contributed by atoms with E-state index in [1.54, 1.807) is 17.0 Å². The van der Waals surface area contributed by atoms with Crippen LogP contribution in [0.3, 0.4) is 0 Å². The summed E-state index contributed by atoms with van der Waals surface area (Å²) in [4.78, 5) is 28.5. The van der Waals surface area contributed by atoms with E-state index in [0.29, 0.717) is 50.3 Å². The molecule has 148 valence electrons. The smallest absolute Gasteiger partial charge is 0.237 e. The van der Waals surface area contributed by atoms with E-state index in [9.17, 15) is 19.1 Å². The van der Waals surface area contributed by atoms with E-state index in [4.69, 9.17) is 4.74 Å². The minimum atomic E-state index is -0.625. The average Bonchev–Trinajstić information content (AvgIpc) is 2.66. The minimum absolute atomic E-state index is 0.0553. The zero-order valence-corrected chi connectivity index (χ0v) is 15.5. The zero-order chi connectivity index (χ0) is 19.4. The van der Waals surface area contributed by atoms with Crippen LogP contribution < -0.4 is 10.1 Å². The number of aliphatic hydroxyl groups is 1. The van der Waals surface area contributed by atoms with Crippen molar-refractivity contribution in [2.45, 2.75) is 38.0 Å². The van der Waals surface area contributed by atoms with Crippen molar-refractivity contribution in [3.8, 4) is 5.75 Å². The predicted molar refractivity (Wildman–Crippen MR) is 96.6 cm³/mol. The highest BCUT2D eigenvalue weighted by atomic mass is 19.1. The van der Waals surface area contributed by atoms with Gasteiger partial charge in [-0.05, 0) is 18.9 Å². The molecule has 0 spiro atoms. The van der Waals surface area contributed by atoms with Gasteiger partial charge in [-0.2, -0.15) is 0 Å². The number of ether oxygens (including phenoxy) is 1. The number of nitrogens with one attached hydrogen (secondary N) is 1. The van der Waals surface area contributed by atoms with Crippen LogP contribution in [0.1, 0.15) is 24.8 Å². The molecule has 2 amide bonds. The Morgan fingerprint density at radius 2 is 2.07 bits per heavy atom. The van der Waals surface area contributed by atoms with Crippen molar-refractivity contribution in [3.63, 3.8) is 0 Å². The second-order valence-electron chi connectivity index (χ2n) is 7.05. The lowest BCUT2D eigenvalue weighted by molar-refractivity contribution is -0.140. The number of benzene rings is 1. The van der Waals surface area contributed by atoms with E-state index in [1.807, 2.05) is 4.90 Å². The van der Waals surface area contributed by atoms with Crippen molar-refractivity contribution < 1.29 is 23.8 Å². The topological polar surface area (TPSA) is 82.1 Å². The number of halogens is 1. The second-order valence-corrected chi connectivity index (χ2v) is 7.05. The molecule has 3 rings (SSSR count). The molecule has 2 aliphatic heterocycles. The standard InChI is InChI=1S/C19H26FN3O4/c1-27-15-3-2-13(16(20)10-15)12-23-9-6-21-19(26)17(23)11-18(25)22-7-4-14(24)5-8-22/h2-3,10,14,17,24H,4-9,11-12H2,1H3,(H,21,26)/t17-/m0/s1. The lowest BCUT2D eigenvalue weighted by Crippen LogP contribution is -2.56. The van der Waals surface area contributed by atoms with Crippen molar-refractivity contribution in [1.29, 1.82) is 0 Å². The molecule has 1 aromatic carbocycles. The molecule has 0 bridgehead atoms. The molecule has 8 heteroatoms. The van der Waals surface area contributed by atoms with E-state index >= 15 is 0 Å². The van der Waals surface area contributed by atoms with Gasteiger partial charge < -0.3 is 20.1 Å². The number of carbonyl (C=O) groups excluding carboxylic acids is 2. The van der Waals surface area contributed by atoms with Crippen LogP contribution >= 0.6 is 0 Å². The maximum Gasteiger partial charge on any atom is 0.237 e. The van der Waals surface area contributed by atoms with Crippen molar-refractivity contribution >= 4 is 11.8 Å². The fraction of sp³-hybridized carbons (Fsp3) is 0.579. The van der Waals surface area contributed by atoms with Gasteiger partial charge in [0.05, 0.1) is 25.7 Å². The fourth-order valence-electron chi connectivity index (χ4n) is 3.59. The number of rotatable bonds is 5. The third-order valence-electron chi connectivity index (χ3n) is 5.26. The van der Waals surface area contributed by atoms with Gasteiger partial charge >= 0.3 is 0 Å². The SMILES string of the molecule is COc1ccc(CN2CCNC(=O)[C@@H]2CC(=O)N2CCC(O)CC2)c(F)c1. The second kappa shape index (κ2) is 8.67. The van der Waals surface area contributed by atoms with Crippen LogP contribution in [0.15, 0.2) is 18.2 Å². The van der Waals surface area contributed by atoms with Gasteiger partial charge in [0.15, 0.2) is 0 Å². The summed E-state index contributed by atoms with van der Waals surface area (Å²) >= 11 is 0. The van der Waals surface area contributed by atoms with Crippen molar-refractivity contribution in [2.75, 3.05) is 33.3 Å². The molecule has 7 nitrogen and oxygen atoms in total. The van der Waals surface area contributed by atoms with Crippen LogP contribution in [0, 0.1) is 5.82 Å². The van der Waals surface area contributed by atoms with Crippen LogP contribution in [0.4, 0.5) is 4.39 Å². The number of carbonyl (C=O) groups is 2. The Balaban J connectivity index is 1.68. The quantitative estimate of drug-likeness (QED) is 0.779. The number of amides is 2. The van der Waals surface area contributed by atoms with Crippen molar-refractivity contribution in [3.05, 3.63) is 29.6 Å². The summed E-state index contributed by atoms with van der Waals surface area (Å²) in [5.74, 6) is -0.271. The van der Waals surface area contributed by atoms with Crippen LogP contribution in [0.2, 0.25) is 0 Å². The molecule has 0 saturated carbocycles. The molecule has 2 saturated heterocycles. The molecule has 0 unspecified atom stereocenters. The van der Waals surface area contributed by atoms with E-state index in [0.717, 1.165) is 0 Å². The number of methoxy groups -OCH3 is 1. The monoisotopic (exact) mass is 379 g/mol. The van der Waals surface area contributed by atoms with Gasteiger partial charge in [0.25, 0.3) is 0 Å². The first-order chi connectivity index (χ1) is 13.0. The van der Waals surface area contributed by atoms with E-state index in [-0.39, 0.29) is 30.9 Å². The van der Waals surface area contributed by atoms with E-state index in [1.165, 1.54) is 13.2 Å². The predicted octanol–water partition coefficient (Wildman–Crippen LogP) is 0.508. The summed E-state index contributed by atoms with van der Waals surface area (Å²) < 4.78 is 19.3. The highest BCUT2D eigenvalue weighted by molar-refractivity contribution is 5.88. The number of hydrogen-bond donors (Lipinski definition) is 2. The molecule has 2 fully saturated rings. The number of nitrogens with zero attached hydrogens (tertiary/aromatic N) is 2. The molecule has 1 atom stereocenters. The van der Waals surface area contributed by atoms with Gasteiger partial charge in [-0.1, -0.05) is 6.07 Å². The van der Waals surface area contributed by atoms with Crippen molar-refractivity contribution in [2.24, 2.45) is 0 Å². The Labute approximate surface area is 158 Å². The summed E-state index contributed by atoms with van der Waals surface area (Å²) in [5, 5.41) is 12.4. The van der Waals surface area contributed by atoms with E-state index in [2.05, 4.69) is 5.32 Å². The number of likely N-dealkylation sites (tertiary alicyclic amines) is 1. The number of piperazine rings is 1. The zero-order valence-electron chi connectivity index (χ0n) is 15.5. The highest BCUT2D eigenvalue weighted by Gasteiger charge is 2.34. The maximum atomic E-state index is 14.3. The molecule has 0 aliphatic carbocycles. The Kier molecular flexibility index (Phi) is 6.28. The number of piperidine rings is 1. The van der Waals surface area contributed by atoms with Crippen molar-refractivity contribution in [1.82, 2.24) is 15.1 Å². The maximum absolute atomic E-state index is 14.3. The van der Waals surface area contributed by atoms with Crippen LogP contribution in [-0.4, -0.2) is 72.2 Å². The molecule has 2 aliphatic rings. The number of hydrogen-bond acceptors (Lipinski definition) is 5. The van der Waals surface area contributed by atoms with Gasteiger partial charge in [0, 0.05) is 44.4 Å². The van der Waals surface area contributed by atoms with Gasteiger partial charge in [0.1, 0.15) is 11.6 Å². The summed E-state index contributed by atoms with van der Waals surface area (Å²) in [6.07, 6.45) is 0.813. The first-order valence-electron chi connectivity index (χ1n) is 9.28.